The van der Waals surface area contributed by atoms with Crippen LogP contribution in [0.5, 0.6) is 0 Å². The molecule has 1 saturated carbocycles. The van der Waals surface area contributed by atoms with Crippen LogP contribution >= 0.6 is 0 Å². The van der Waals surface area contributed by atoms with Crippen LogP contribution in [0.3, 0.4) is 0 Å². The van der Waals surface area contributed by atoms with Crippen molar-refractivity contribution in [3.05, 3.63) is 17.0 Å². The summed E-state index contributed by atoms with van der Waals surface area (Å²) in [6, 6.07) is 0. The fourth-order valence-corrected chi connectivity index (χ4v) is 3.34. The number of carbonyl (C=O) groups is 1. The third-order valence-electron chi connectivity index (χ3n) is 4.44. The molecule has 0 amide bonds. The lowest BCUT2D eigenvalue weighted by Crippen LogP contribution is -2.21. The van der Waals surface area contributed by atoms with E-state index >= 15 is 0 Å². The SMILES string of the molecule is O=C(O)C1CCC(c2onc3c2CCCC3)CC1. The second-order valence-electron chi connectivity index (χ2n) is 5.57. The fraction of sp³-hybridized carbons (Fsp3) is 0.714. The zero-order valence-electron chi connectivity index (χ0n) is 10.5. The molecule has 1 aromatic rings. The normalized spacial score (nSPS) is 27.8. The Bertz CT molecular complexity index is 444. The first kappa shape index (κ1) is 11.8. The minimum Gasteiger partial charge on any atom is -0.481 e. The maximum atomic E-state index is 10.9. The average molecular weight is 249 g/mol. The molecule has 3 rings (SSSR count). The molecule has 0 radical (unpaired) electrons. The topological polar surface area (TPSA) is 63.3 Å². The highest BCUT2D eigenvalue weighted by molar-refractivity contribution is 5.70. The molecule has 2 aliphatic rings. The summed E-state index contributed by atoms with van der Waals surface area (Å²) in [4.78, 5) is 10.9. The Hall–Kier alpha value is -1.32. The highest BCUT2D eigenvalue weighted by atomic mass is 16.5. The second kappa shape index (κ2) is 4.75. The molecule has 1 heterocycles. The van der Waals surface area contributed by atoms with Crippen molar-refractivity contribution < 1.29 is 14.4 Å². The van der Waals surface area contributed by atoms with Crippen LogP contribution in [-0.4, -0.2) is 16.2 Å². The van der Waals surface area contributed by atoms with E-state index in [1.807, 2.05) is 0 Å². The van der Waals surface area contributed by atoms with E-state index in [0.717, 1.165) is 50.0 Å². The lowest BCUT2D eigenvalue weighted by Gasteiger charge is -2.25. The number of nitrogens with zero attached hydrogens (tertiary/aromatic N) is 1. The highest BCUT2D eigenvalue weighted by Gasteiger charge is 2.31. The van der Waals surface area contributed by atoms with Gasteiger partial charge >= 0.3 is 5.97 Å². The van der Waals surface area contributed by atoms with Gasteiger partial charge in [-0.15, -0.1) is 0 Å². The van der Waals surface area contributed by atoms with Gasteiger partial charge in [0, 0.05) is 11.5 Å². The fourth-order valence-electron chi connectivity index (χ4n) is 3.34. The Morgan fingerprint density at radius 3 is 2.61 bits per heavy atom. The van der Waals surface area contributed by atoms with E-state index in [4.69, 9.17) is 9.63 Å². The second-order valence-corrected chi connectivity index (χ2v) is 5.57. The van der Waals surface area contributed by atoms with Gasteiger partial charge in [-0.2, -0.15) is 0 Å². The van der Waals surface area contributed by atoms with Gasteiger partial charge in [0.05, 0.1) is 11.6 Å². The van der Waals surface area contributed by atoms with Gasteiger partial charge in [-0.1, -0.05) is 5.16 Å². The lowest BCUT2D eigenvalue weighted by atomic mass is 9.79. The summed E-state index contributed by atoms with van der Waals surface area (Å²) >= 11 is 0. The Labute approximate surface area is 106 Å². The third kappa shape index (κ3) is 2.04. The first-order chi connectivity index (χ1) is 8.75. The highest BCUT2D eigenvalue weighted by Crippen LogP contribution is 2.39. The van der Waals surface area contributed by atoms with Crippen molar-refractivity contribution in [1.29, 1.82) is 0 Å². The van der Waals surface area contributed by atoms with E-state index in [1.165, 1.54) is 18.4 Å². The molecule has 0 bridgehead atoms. The van der Waals surface area contributed by atoms with Crippen molar-refractivity contribution >= 4 is 5.97 Å². The number of rotatable bonds is 2. The third-order valence-corrected chi connectivity index (χ3v) is 4.44. The summed E-state index contributed by atoms with van der Waals surface area (Å²) in [6.45, 7) is 0. The first-order valence-corrected chi connectivity index (χ1v) is 6.96. The van der Waals surface area contributed by atoms with Gasteiger partial charge in [0.25, 0.3) is 0 Å². The Kier molecular flexibility index (Phi) is 3.10. The molecule has 4 nitrogen and oxygen atoms in total. The van der Waals surface area contributed by atoms with E-state index < -0.39 is 5.97 Å². The quantitative estimate of drug-likeness (QED) is 0.875. The van der Waals surface area contributed by atoms with Gasteiger partial charge in [-0.05, 0) is 51.4 Å². The molecule has 0 aromatic carbocycles. The zero-order valence-corrected chi connectivity index (χ0v) is 10.5. The number of aryl methyl sites for hydroxylation is 1. The van der Waals surface area contributed by atoms with E-state index in [0.29, 0.717) is 5.92 Å². The largest absolute Gasteiger partial charge is 0.481 e. The number of aliphatic carboxylic acids is 1. The van der Waals surface area contributed by atoms with Gasteiger partial charge in [-0.25, -0.2) is 0 Å². The standard InChI is InChI=1S/C14H19NO3/c16-14(17)10-7-5-9(6-8-10)13-11-3-1-2-4-12(11)15-18-13/h9-10H,1-8H2,(H,16,17). The van der Waals surface area contributed by atoms with Crippen LogP contribution in [0.15, 0.2) is 4.52 Å². The van der Waals surface area contributed by atoms with Crippen LogP contribution in [0, 0.1) is 5.92 Å². The maximum absolute atomic E-state index is 10.9. The summed E-state index contributed by atoms with van der Waals surface area (Å²) in [7, 11) is 0. The van der Waals surface area contributed by atoms with E-state index in [1.54, 1.807) is 0 Å². The zero-order chi connectivity index (χ0) is 12.5. The maximum Gasteiger partial charge on any atom is 0.306 e. The summed E-state index contributed by atoms with van der Waals surface area (Å²) < 4.78 is 5.56. The molecule has 1 aromatic heterocycles. The van der Waals surface area contributed by atoms with Crippen LogP contribution < -0.4 is 0 Å². The number of fused-ring (bicyclic) bond motifs is 1. The van der Waals surface area contributed by atoms with E-state index in [-0.39, 0.29) is 5.92 Å². The molecule has 18 heavy (non-hydrogen) atoms. The van der Waals surface area contributed by atoms with Gasteiger partial charge in [0.15, 0.2) is 0 Å². The molecule has 0 spiro atoms. The van der Waals surface area contributed by atoms with Crippen molar-refractivity contribution in [2.75, 3.05) is 0 Å². The van der Waals surface area contributed by atoms with Crippen LogP contribution in [0.25, 0.3) is 0 Å². The van der Waals surface area contributed by atoms with Crippen molar-refractivity contribution in [3.63, 3.8) is 0 Å². The molecule has 1 fully saturated rings. The summed E-state index contributed by atoms with van der Waals surface area (Å²) in [5.41, 5.74) is 2.48. The predicted octanol–water partition coefficient (Wildman–Crippen LogP) is 2.91. The number of hydrogen-bond acceptors (Lipinski definition) is 3. The van der Waals surface area contributed by atoms with Crippen molar-refractivity contribution in [2.24, 2.45) is 5.92 Å². The molecular formula is C14H19NO3. The summed E-state index contributed by atoms with van der Waals surface area (Å²) in [5.74, 6) is 0.663. The summed E-state index contributed by atoms with van der Waals surface area (Å²) in [6.07, 6.45) is 7.98. The minimum absolute atomic E-state index is 0.153. The van der Waals surface area contributed by atoms with Crippen molar-refractivity contribution in [1.82, 2.24) is 5.16 Å². The smallest absolute Gasteiger partial charge is 0.306 e. The molecule has 0 aliphatic heterocycles. The number of hydrogen-bond donors (Lipinski definition) is 1. The van der Waals surface area contributed by atoms with Gasteiger partial charge < -0.3 is 9.63 Å². The Morgan fingerprint density at radius 1 is 1.17 bits per heavy atom. The molecule has 1 N–H and O–H groups in total. The lowest BCUT2D eigenvalue weighted by molar-refractivity contribution is -0.142. The monoisotopic (exact) mass is 249 g/mol. The Morgan fingerprint density at radius 2 is 1.89 bits per heavy atom. The minimum atomic E-state index is -0.645. The predicted molar refractivity (Wildman–Crippen MR) is 65.5 cm³/mol. The molecular weight excluding hydrogens is 230 g/mol. The van der Waals surface area contributed by atoms with Gasteiger partial charge in [0.1, 0.15) is 5.76 Å². The van der Waals surface area contributed by atoms with Crippen molar-refractivity contribution in [2.45, 2.75) is 57.3 Å². The number of carboxylic acids is 1. The van der Waals surface area contributed by atoms with Gasteiger partial charge in [-0.3, -0.25) is 4.79 Å². The van der Waals surface area contributed by atoms with E-state index in [2.05, 4.69) is 5.16 Å². The number of aromatic nitrogens is 1. The molecule has 0 atom stereocenters. The van der Waals surface area contributed by atoms with Crippen LogP contribution in [0.2, 0.25) is 0 Å². The molecule has 2 aliphatic carbocycles. The summed E-state index contributed by atoms with van der Waals surface area (Å²) in [5, 5.41) is 13.2. The van der Waals surface area contributed by atoms with Crippen LogP contribution in [0.4, 0.5) is 0 Å². The van der Waals surface area contributed by atoms with Crippen molar-refractivity contribution in [3.8, 4) is 0 Å². The van der Waals surface area contributed by atoms with E-state index in [9.17, 15) is 4.79 Å². The number of carboxylic acid groups (broad SMARTS) is 1. The Balaban J connectivity index is 1.73. The van der Waals surface area contributed by atoms with Gasteiger partial charge in [0.2, 0.25) is 0 Å². The van der Waals surface area contributed by atoms with Crippen LogP contribution in [0.1, 0.15) is 61.5 Å². The average Bonchev–Trinajstić information content (AvgIpc) is 2.82. The molecule has 4 heteroatoms. The molecule has 0 unspecified atom stereocenters. The first-order valence-electron chi connectivity index (χ1n) is 6.96. The molecule has 0 saturated heterocycles. The van der Waals surface area contributed by atoms with Crippen LogP contribution in [-0.2, 0) is 17.6 Å². The molecule has 98 valence electrons.